The Kier molecular flexibility index (Phi) is 8.41. The van der Waals surface area contributed by atoms with Crippen molar-refractivity contribution >= 4 is 11.3 Å². The number of nitrogens with zero attached hydrogens (tertiary/aromatic N) is 2. The van der Waals surface area contributed by atoms with Crippen molar-refractivity contribution in [3.05, 3.63) is 64.7 Å². The first-order valence-electron chi connectivity index (χ1n) is 10.3. The van der Waals surface area contributed by atoms with Crippen LogP contribution in [0.15, 0.2) is 48.5 Å². The molecular weight excluding hydrogens is 455 g/mol. The van der Waals surface area contributed by atoms with Crippen molar-refractivity contribution in [2.24, 2.45) is 5.73 Å². The van der Waals surface area contributed by atoms with Gasteiger partial charge in [-0.05, 0) is 37.1 Å². The van der Waals surface area contributed by atoms with Crippen molar-refractivity contribution in [1.82, 2.24) is 10.2 Å². The van der Waals surface area contributed by atoms with Crippen LogP contribution in [-0.4, -0.2) is 43.7 Å². The third-order valence-electron chi connectivity index (χ3n) is 4.75. The number of rotatable bonds is 11. The molecule has 1 heterocycles. The molecule has 3 rings (SSSR count). The quantitative estimate of drug-likeness (QED) is 0.401. The van der Waals surface area contributed by atoms with Gasteiger partial charge in [-0.3, -0.25) is 0 Å². The molecule has 0 bridgehead atoms. The molecule has 0 aliphatic rings. The summed E-state index contributed by atoms with van der Waals surface area (Å²) in [7, 11) is 1.51. The number of aromatic nitrogens is 2. The van der Waals surface area contributed by atoms with Gasteiger partial charge < -0.3 is 19.9 Å². The number of benzene rings is 2. The molecule has 33 heavy (non-hydrogen) atoms. The van der Waals surface area contributed by atoms with Crippen LogP contribution in [0.1, 0.15) is 23.1 Å². The number of halogens is 3. The topological polar surface area (TPSA) is 79.5 Å². The van der Waals surface area contributed by atoms with Crippen LogP contribution in [0, 0.1) is 0 Å². The van der Waals surface area contributed by atoms with E-state index in [1.807, 2.05) is 30.3 Å². The maximum Gasteiger partial charge on any atom is 0.419 e. The highest BCUT2D eigenvalue weighted by molar-refractivity contribution is 7.14. The number of alkyl halides is 3. The van der Waals surface area contributed by atoms with Gasteiger partial charge in [0.25, 0.3) is 0 Å². The van der Waals surface area contributed by atoms with E-state index < -0.39 is 17.3 Å². The Labute approximate surface area is 194 Å². The number of hydrogen-bond donors (Lipinski definition) is 1. The lowest BCUT2D eigenvalue weighted by atomic mass is 10.1. The number of nitrogens with two attached hydrogens (primary N) is 1. The van der Waals surface area contributed by atoms with Crippen molar-refractivity contribution in [2.75, 3.05) is 33.5 Å². The SMILES string of the molecule is COC[C@](C)(N)c1nnc(-c2ccc(OCCOCCc3ccccc3)c(C(F)(F)F)c2)s1. The molecule has 1 atom stereocenters. The fourth-order valence-electron chi connectivity index (χ4n) is 3.09. The number of methoxy groups -OCH3 is 1. The molecule has 2 N–H and O–H groups in total. The van der Waals surface area contributed by atoms with E-state index in [9.17, 15) is 13.2 Å². The van der Waals surface area contributed by atoms with Crippen LogP contribution in [0.2, 0.25) is 0 Å². The van der Waals surface area contributed by atoms with Gasteiger partial charge in [0.2, 0.25) is 0 Å². The highest BCUT2D eigenvalue weighted by atomic mass is 32.1. The second kappa shape index (κ2) is 11.1. The van der Waals surface area contributed by atoms with E-state index in [1.165, 1.54) is 19.2 Å². The third kappa shape index (κ3) is 6.97. The Hall–Kier alpha value is -2.53. The lowest BCUT2D eigenvalue weighted by Gasteiger charge is -2.19. The first-order chi connectivity index (χ1) is 15.7. The Balaban J connectivity index is 1.63. The summed E-state index contributed by atoms with van der Waals surface area (Å²) in [5.41, 5.74) is 5.80. The Morgan fingerprint density at radius 3 is 2.45 bits per heavy atom. The molecule has 0 unspecified atom stereocenters. The Bertz CT molecular complexity index is 1030. The molecule has 1 aromatic heterocycles. The second-order valence-electron chi connectivity index (χ2n) is 7.67. The molecule has 0 fully saturated rings. The van der Waals surface area contributed by atoms with Gasteiger partial charge in [-0.15, -0.1) is 10.2 Å². The minimum absolute atomic E-state index is 0.00270. The molecule has 3 aromatic rings. The van der Waals surface area contributed by atoms with Crippen LogP contribution in [0.5, 0.6) is 5.75 Å². The van der Waals surface area contributed by atoms with Gasteiger partial charge in [-0.25, -0.2) is 0 Å². The van der Waals surface area contributed by atoms with E-state index in [-0.39, 0.29) is 31.1 Å². The number of ether oxygens (including phenoxy) is 3. The molecule has 0 spiro atoms. The van der Waals surface area contributed by atoms with Crippen LogP contribution in [0.4, 0.5) is 13.2 Å². The monoisotopic (exact) mass is 481 g/mol. The molecule has 0 amide bonds. The van der Waals surface area contributed by atoms with Crippen LogP contribution < -0.4 is 10.5 Å². The molecular formula is C23H26F3N3O3S. The van der Waals surface area contributed by atoms with Gasteiger partial charge in [0, 0.05) is 12.7 Å². The number of hydrogen-bond acceptors (Lipinski definition) is 7. The summed E-state index contributed by atoms with van der Waals surface area (Å²) in [5.74, 6) is -0.259. The molecule has 0 aliphatic carbocycles. The normalized spacial score (nSPS) is 13.6. The smallest absolute Gasteiger partial charge is 0.419 e. The summed E-state index contributed by atoms with van der Waals surface area (Å²) in [5, 5.41) is 8.85. The minimum atomic E-state index is -4.59. The molecule has 2 aromatic carbocycles. The summed E-state index contributed by atoms with van der Waals surface area (Å²) in [6.07, 6.45) is -3.87. The van der Waals surface area contributed by atoms with Crippen LogP contribution in [0.25, 0.3) is 10.6 Å². The molecule has 0 aliphatic heterocycles. The molecule has 0 saturated carbocycles. The summed E-state index contributed by atoms with van der Waals surface area (Å²) >= 11 is 1.13. The zero-order valence-corrected chi connectivity index (χ0v) is 19.2. The zero-order valence-electron chi connectivity index (χ0n) is 18.4. The van der Waals surface area contributed by atoms with Gasteiger partial charge in [-0.2, -0.15) is 13.2 Å². The summed E-state index contributed by atoms with van der Waals surface area (Å²) in [6, 6.07) is 13.6. The van der Waals surface area contributed by atoms with Gasteiger partial charge in [0.05, 0.1) is 30.9 Å². The predicted molar refractivity (Wildman–Crippen MR) is 120 cm³/mol. The van der Waals surface area contributed by atoms with Crippen LogP contribution in [-0.2, 0) is 27.6 Å². The van der Waals surface area contributed by atoms with Crippen LogP contribution in [0.3, 0.4) is 0 Å². The average molecular weight is 482 g/mol. The predicted octanol–water partition coefficient (Wildman–Crippen LogP) is 4.68. The van der Waals surface area contributed by atoms with E-state index in [4.69, 9.17) is 19.9 Å². The van der Waals surface area contributed by atoms with E-state index >= 15 is 0 Å². The van der Waals surface area contributed by atoms with Crippen molar-refractivity contribution in [1.29, 1.82) is 0 Å². The summed E-state index contributed by atoms with van der Waals surface area (Å²) in [6.45, 7) is 2.57. The van der Waals surface area contributed by atoms with E-state index in [0.29, 0.717) is 16.6 Å². The fourth-order valence-corrected chi connectivity index (χ4v) is 3.97. The van der Waals surface area contributed by atoms with Gasteiger partial charge in [-0.1, -0.05) is 41.7 Å². The molecule has 0 saturated heterocycles. The van der Waals surface area contributed by atoms with Crippen molar-refractivity contribution in [3.8, 4) is 16.3 Å². The molecule has 10 heteroatoms. The first-order valence-corrected chi connectivity index (χ1v) is 11.1. The summed E-state index contributed by atoms with van der Waals surface area (Å²) in [4.78, 5) is 0. The minimum Gasteiger partial charge on any atom is -0.491 e. The van der Waals surface area contributed by atoms with Crippen LogP contribution >= 0.6 is 11.3 Å². The van der Waals surface area contributed by atoms with Gasteiger partial charge >= 0.3 is 6.18 Å². The maximum absolute atomic E-state index is 13.7. The van der Waals surface area contributed by atoms with Crippen molar-refractivity contribution in [2.45, 2.75) is 25.1 Å². The van der Waals surface area contributed by atoms with Gasteiger partial charge in [0.15, 0.2) is 0 Å². The third-order valence-corrected chi connectivity index (χ3v) is 6.00. The first kappa shape index (κ1) is 25.1. The standard InChI is InChI=1S/C23H26F3N3O3S/c1-22(27,15-30-2)21-29-28-20(33-21)17-8-9-19(18(14-17)23(24,25)26)32-13-12-31-11-10-16-6-4-3-5-7-16/h3-9,14H,10-13,15,27H2,1-2H3/t22-/m0/s1. The molecule has 0 radical (unpaired) electrons. The highest BCUT2D eigenvalue weighted by Crippen LogP contribution is 2.39. The van der Waals surface area contributed by atoms with E-state index in [2.05, 4.69) is 10.2 Å². The molecule has 178 valence electrons. The second-order valence-corrected chi connectivity index (χ2v) is 8.65. The average Bonchev–Trinajstić information content (AvgIpc) is 3.28. The Morgan fingerprint density at radius 2 is 1.76 bits per heavy atom. The Morgan fingerprint density at radius 1 is 1.00 bits per heavy atom. The van der Waals surface area contributed by atoms with Crippen molar-refractivity contribution < 1.29 is 27.4 Å². The highest BCUT2D eigenvalue weighted by Gasteiger charge is 2.35. The largest absolute Gasteiger partial charge is 0.491 e. The van der Waals surface area contributed by atoms with E-state index in [0.717, 1.165) is 29.4 Å². The van der Waals surface area contributed by atoms with Gasteiger partial charge in [0.1, 0.15) is 22.4 Å². The lowest BCUT2D eigenvalue weighted by molar-refractivity contribution is -0.139. The van der Waals surface area contributed by atoms with E-state index in [1.54, 1.807) is 6.92 Å². The molecule has 6 nitrogen and oxygen atoms in total. The fraction of sp³-hybridized carbons (Fsp3) is 0.391. The lowest BCUT2D eigenvalue weighted by Crippen LogP contribution is -2.37. The van der Waals surface area contributed by atoms with Crippen molar-refractivity contribution in [3.63, 3.8) is 0 Å². The zero-order chi connectivity index (χ0) is 23.9. The summed E-state index contributed by atoms with van der Waals surface area (Å²) < 4.78 is 57.0. The maximum atomic E-state index is 13.7.